The summed E-state index contributed by atoms with van der Waals surface area (Å²) >= 11 is 0. The van der Waals surface area contributed by atoms with E-state index in [2.05, 4.69) is 12.2 Å². The van der Waals surface area contributed by atoms with Crippen LogP contribution >= 0.6 is 0 Å². The number of carbonyl (C=O) groups excluding carboxylic acids is 1. The zero-order valence-corrected chi connectivity index (χ0v) is 14.6. The molecule has 0 aliphatic rings. The summed E-state index contributed by atoms with van der Waals surface area (Å²) in [4.78, 5) is 12.2. The minimum atomic E-state index is -0.735. The number of halogens is 1. The highest BCUT2D eigenvalue weighted by Crippen LogP contribution is 2.18. The number of hydrogen-bond acceptors (Lipinski definition) is 3. The summed E-state index contributed by atoms with van der Waals surface area (Å²) in [6, 6.07) is 13.9. The first-order valence-electron chi connectivity index (χ1n) is 8.54. The maximum absolute atomic E-state index is 13.6. The van der Waals surface area contributed by atoms with E-state index in [0.29, 0.717) is 19.6 Å². The number of para-hydroxylation sites is 1. The van der Waals surface area contributed by atoms with Crippen LogP contribution in [0.2, 0.25) is 0 Å². The Morgan fingerprint density at radius 1 is 1.12 bits per heavy atom. The molecule has 2 rings (SSSR count). The van der Waals surface area contributed by atoms with E-state index in [-0.39, 0.29) is 11.7 Å². The third-order valence-corrected chi connectivity index (χ3v) is 3.77. The number of ether oxygens (including phenoxy) is 2. The lowest BCUT2D eigenvalue weighted by atomic mass is 10.2. The number of hydrogen-bond donors (Lipinski definition) is 1. The van der Waals surface area contributed by atoms with Crippen molar-refractivity contribution in [2.75, 3.05) is 13.2 Å². The fraction of sp³-hybridized carbons (Fsp3) is 0.350. The molecule has 0 spiro atoms. The van der Waals surface area contributed by atoms with Crippen molar-refractivity contribution < 1.29 is 18.7 Å². The lowest BCUT2D eigenvalue weighted by molar-refractivity contribution is -0.128. The predicted molar refractivity (Wildman–Crippen MR) is 95.4 cm³/mol. The van der Waals surface area contributed by atoms with Gasteiger partial charge in [-0.15, -0.1) is 0 Å². The standard InChI is InChI=1S/C20H24FNO3/c1-3-15-9-11-16(12-10-15)24-14-13-22-20(23)18(4-2)25-19-8-6-5-7-17(19)21/h5-12,18H,3-4,13-14H2,1-2H3,(H,22,23)/t18-/m1/s1. The molecule has 2 aromatic rings. The Hall–Kier alpha value is -2.56. The molecule has 134 valence electrons. The van der Waals surface area contributed by atoms with E-state index in [1.807, 2.05) is 31.2 Å². The maximum Gasteiger partial charge on any atom is 0.261 e. The van der Waals surface area contributed by atoms with E-state index in [1.54, 1.807) is 12.1 Å². The normalized spacial score (nSPS) is 11.6. The number of amides is 1. The second-order valence-electron chi connectivity index (χ2n) is 5.58. The van der Waals surface area contributed by atoms with E-state index in [9.17, 15) is 9.18 Å². The Kier molecular flexibility index (Phi) is 7.26. The average Bonchev–Trinajstić information content (AvgIpc) is 2.65. The van der Waals surface area contributed by atoms with E-state index < -0.39 is 11.9 Å². The Morgan fingerprint density at radius 2 is 1.84 bits per heavy atom. The maximum atomic E-state index is 13.6. The lowest BCUT2D eigenvalue weighted by Crippen LogP contribution is -2.39. The van der Waals surface area contributed by atoms with Crippen LogP contribution in [0.25, 0.3) is 0 Å². The fourth-order valence-electron chi connectivity index (χ4n) is 2.29. The van der Waals surface area contributed by atoms with Crippen molar-refractivity contribution >= 4 is 5.91 Å². The first-order chi connectivity index (χ1) is 12.1. The van der Waals surface area contributed by atoms with Gasteiger partial charge in [-0.25, -0.2) is 4.39 Å². The highest BCUT2D eigenvalue weighted by molar-refractivity contribution is 5.81. The summed E-state index contributed by atoms with van der Waals surface area (Å²) in [5, 5.41) is 2.75. The summed E-state index contributed by atoms with van der Waals surface area (Å²) in [6.07, 6.45) is 0.691. The fourth-order valence-corrected chi connectivity index (χ4v) is 2.29. The molecule has 2 aromatic carbocycles. The van der Waals surface area contributed by atoms with Crippen molar-refractivity contribution in [3.63, 3.8) is 0 Å². The summed E-state index contributed by atoms with van der Waals surface area (Å²) in [6.45, 7) is 4.62. The lowest BCUT2D eigenvalue weighted by Gasteiger charge is -2.17. The molecule has 4 nitrogen and oxygen atoms in total. The molecule has 1 N–H and O–H groups in total. The van der Waals surface area contributed by atoms with Crippen LogP contribution < -0.4 is 14.8 Å². The molecule has 5 heteroatoms. The number of rotatable bonds is 9. The quantitative estimate of drug-likeness (QED) is 0.704. The highest BCUT2D eigenvalue weighted by atomic mass is 19.1. The summed E-state index contributed by atoms with van der Waals surface area (Å²) < 4.78 is 24.7. The van der Waals surface area contributed by atoms with Crippen molar-refractivity contribution in [1.82, 2.24) is 5.32 Å². The molecular formula is C20H24FNO3. The van der Waals surface area contributed by atoms with Gasteiger partial charge in [0.2, 0.25) is 0 Å². The van der Waals surface area contributed by atoms with Crippen molar-refractivity contribution in [1.29, 1.82) is 0 Å². The van der Waals surface area contributed by atoms with Crippen LogP contribution in [0.5, 0.6) is 11.5 Å². The van der Waals surface area contributed by atoms with Gasteiger partial charge < -0.3 is 14.8 Å². The SMILES string of the molecule is CCc1ccc(OCCNC(=O)[C@@H](CC)Oc2ccccc2F)cc1. The third kappa shape index (κ3) is 5.78. The topological polar surface area (TPSA) is 47.6 Å². The monoisotopic (exact) mass is 345 g/mol. The minimum absolute atomic E-state index is 0.0803. The molecule has 0 aromatic heterocycles. The van der Waals surface area contributed by atoms with Crippen LogP contribution in [-0.4, -0.2) is 25.2 Å². The average molecular weight is 345 g/mol. The molecule has 0 saturated carbocycles. The molecule has 0 aliphatic heterocycles. The van der Waals surface area contributed by atoms with E-state index >= 15 is 0 Å². The highest BCUT2D eigenvalue weighted by Gasteiger charge is 2.19. The van der Waals surface area contributed by atoms with Crippen molar-refractivity contribution in [3.05, 3.63) is 59.9 Å². The van der Waals surface area contributed by atoms with Crippen LogP contribution in [0.15, 0.2) is 48.5 Å². The van der Waals surface area contributed by atoms with Crippen LogP contribution in [0.3, 0.4) is 0 Å². The third-order valence-electron chi connectivity index (χ3n) is 3.77. The predicted octanol–water partition coefficient (Wildman–Crippen LogP) is 3.74. The summed E-state index contributed by atoms with van der Waals surface area (Å²) in [7, 11) is 0. The van der Waals surface area contributed by atoms with Crippen LogP contribution in [0.4, 0.5) is 4.39 Å². The second-order valence-corrected chi connectivity index (χ2v) is 5.58. The van der Waals surface area contributed by atoms with Gasteiger partial charge in [0.25, 0.3) is 5.91 Å². The number of nitrogens with one attached hydrogen (secondary N) is 1. The minimum Gasteiger partial charge on any atom is -0.492 e. The number of aryl methyl sites for hydroxylation is 1. The van der Waals surface area contributed by atoms with Gasteiger partial charge in [0.15, 0.2) is 17.7 Å². The Balaban J connectivity index is 1.76. The van der Waals surface area contributed by atoms with Gasteiger partial charge in [-0.1, -0.05) is 38.1 Å². The molecule has 0 radical (unpaired) electrons. The Labute approximate surface area is 148 Å². The summed E-state index contributed by atoms with van der Waals surface area (Å²) in [5.41, 5.74) is 1.25. The zero-order valence-electron chi connectivity index (χ0n) is 14.6. The molecule has 0 bridgehead atoms. The van der Waals surface area contributed by atoms with Crippen LogP contribution in [0, 0.1) is 5.82 Å². The van der Waals surface area contributed by atoms with Gasteiger partial charge in [0, 0.05) is 0 Å². The van der Waals surface area contributed by atoms with Crippen molar-refractivity contribution in [2.24, 2.45) is 0 Å². The van der Waals surface area contributed by atoms with Gasteiger partial charge in [-0.2, -0.15) is 0 Å². The van der Waals surface area contributed by atoms with Crippen LogP contribution in [0.1, 0.15) is 25.8 Å². The molecular weight excluding hydrogens is 321 g/mol. The molecule has 0 heterocycles. The molecule has 0 unspecified atom stereocenters. The number of carbonyl (C=O) groups is 1. The first-order valence-corrected chi connectivity index (χ1v) is 8.54. The second kappa shape index (κ2) is 9.67. The van der Waals surface area contributed by atoms with Gasteiger partial charge in [0.1, 0.15) is 12.4 Å². The van der Waals surface area contributed by atoms with Gasteiger partial charge in [-0.05, 0) is 42.7 Å². The first kappa shape index (κ1) is 18.8. The summed E-state index contributed by atoms with van der Waals surface area (Å²) in [5.74, 6) is 0.0844. The van der Waals surface area contributed by atoms with E-state index in [4.69, 9.17) is 9.47 Å². The van der Waals surface area contributed by atoms with Crippen LogP contribution in [-0.2, 0) is 11.2 Å². The Bertz CT molecular complexity index is 673. The largest absolute Gasteiger partial charge is 0.492 e. The van der Waals surface area contributed by atoms with E-state index in [0.717, 1.165) is 12.2 Å². The van der Waals surface area contributed by atoms with Crippen molar-refractivity contribution in [2.45, 2.75) is 32.8 Å². The molecule has 1 amide bonds. The molecule has 0 aliphatic carbocycles. The van der Waals surface area contributed by atoms with Gasteiger partial charge >= 0.3 is 0 Å². The van der Waals surface area contributed by atoms with Gasteiger partial charge in [-0.3, -0.25) is 4.79 Å². The molecule has 0 fully saturated rings. The van der Waals surface area contributed by atoms with Gasteiger partial charge in [0.05, 0.1) is 6.54 Å². The zero-order chi connectivity index (χ0) is 18.1. The molecule has 25 heavy (non-hydrogen) atoms. The Morgan fingerprint density at radius 3 is 2.48 bits per heavy atom. The smallest absolute Gasteiger partial charge is 0.261 e. The van der Waals surface area contributed by atoms with E-state index in [1.165, 1.54) is 17.7 Å². The molecule has 1 atom stereocenters. The molecule has 0 saturated heterocycles. The number of benzene rings is 2. The van der Waals surface area contributed by atoms with Crippen molar-refractivity contribution in [3.8, 4) is 11.5 Å².